The van der Waals surface area contributed by atoms with Gasteiger partial charge in [-0.25, -0.2) is 22.2 Å². The molecule has 1 N–H and O–H groups in total. The number of benzene rings is 2. The minimum atomic E-state index is -3.26. The van der Waals surface area contributed by atoms with Crippen molar-refractivity contribution in [2.45, 2.75) is 17.7 Å². The van der Waals surface area contributed by atoms with Gasteiger partial charge in [0.05, 0.1) is 21.7 Å². The van der Waals surface area contributed by atoms with Gasteiger partial charge in [0, 0.05) is 18.7 Å². The second-order valence-electron chi connectivity index (χ2n) is 6.00. The lowest BCUT2D eigenvalue weighted by Gasteiger charge is -2.06. The summed E-state index contributed by atoms with van der Waals surface area (Å²) in [5.41, 5.74) is 0.278. The molecule has 0 aliphatic rings. The first-order chi connectivity index (χ1) is 13.2. The molecule has 6 nitrogen and oxygen atoms in total. The van der Waals surface area contributed by atoms with E-state index < -0.39 is 21.5 Å². The summed E-state index contributed by atoms with van der Waals surface area (Å²) in [6.45, 7) is 0.266. The SMILES string of the molecule is CS(=O)(=O)c1ccc(OCCCC(=O)Nc2nc3cc(F)c(F)cc3s2)cc1. The summed E-state index contributed by atoms with van der Waals surface area (Å²) in [7, 11) is -3.26. The van der Waals surface area contributed by atoms with Crippen LogP contribution < -0.4 is 10.1 Å². The zero-order chi connectivity index (χ0) is 20.3. The number of anilines is 1. The molecular formula is C18H16F2N2O4S2. The Morgan fingerprint density at radius 2 is 1.86 bits per heavy atom. The maximum absolute atomic E-state index is 13.2. The van der Waals surface area contributed by atoms with E-state index >= 15 is 0 Å². The second kappa shape index (κ2) is 8.19. The Morgan fingerprint density at radius 1 is 1.18 bits per heavy atom. The molecule has 10 heteroatoms. The van der Waals surface area contributed by atoms with Crippen molar-refractivity contribution in [1.82, 2.24) is 4.98 Å². The van der Waals surface area contributed by atoms with Crippen LogP contribution in [-0.2, 0) is 14.6 Å². The first kappa shape index (κ1) is 20.2. The fourth-order valence-corrected chi connectivity index (χ4v) is 3.88. The number of rotatable bonds is 7. The molecule has 0 radical (unpaired) electrons. The van der Waals surface area contributed by atoms with Crippen molar-refractivity contribution < 1.29 is 26.7 Å². The van der Waals surface area contributed by atoms with Gasteiger partial charge in [0.25, 0.3) is 0 Å². The Balaban J connectivity index is 1.47. The van der Waals surface area contributed by atoms with E-state index in [9.17, 15) is 22.0 Å². The Bertz CT molecular complexity index is 1070. The molecule has 0 unspecified atom stereocenters. The number of carbonyl (C=O) groups is 1. The zero-order valence-corrected chi connectivity index (χ0v) is 16.4. The van der Waals surface area contributed by atoms with E-state index in [1.54, 1.807) is 12.1 Å². The van der Waals surface area contributed by atoms with Crippen LogP contribution >= 0.6 is 11.3 Å². The minimum Gasteiger partial charge on any atom is -0.494 e. The molecule has 3 aromatic rings. The summed E-state index contributed by atoms with van der Waals surface area (Å²) in [6.07, 6.45) is 1.72. The fraction of sp³-hybridized carbons (Fsp3) is 0.222. The molecule has 0 fully saturated rings. The molecule has 0 saturated carbocycles. The van der Waals surface area contributed by atoms with E-state index in [0.717, 1.165) is 29.7 Å². The number of fused-ring (bicyclic) bond motifs is 1. The van der Waals surface area contributed by atoms with Crippen LogP contribution in [0.3, 0.4) is 0 Å². The molecule has 2 aromatic carbocycles. The Labute approximate surface area is 164 Å². The third-order valence-electron chi connectivity index (χ3n) is 3.75. The number of thiazole rings is 1. The topological polar surface area (TPSA) is 85.4 Å². The lowest BCUT2D eigenvalue weighted by Crippen LogP contribution is -2.12. The average Bonchev–Trinajstić information content (AvgIpc) is 2.99. The van der Waals surface area contributed by atoms with E-state index in [1.165, 1.54) is 12.1 Å². The molecule has 28 heavy (non-hydrogen) atoms. The van der Waals surface area contributed by atoms with Crippen LogP contribution in [0.4, 0.5) is 13.9 Å². The van der Waals surface area contributed by atoms with E-state index in [0.29, 0.717) is 16.9 Å². The van der Waals surface area contributed by atoms with Crippen molar-refractivity contribution in [3.05, 3.63) is 48.0 Å². The molecule has 1 amide bonds. The summed E-state index contributed by atoms with van der Waals surface area (Å²) in [5, 5.41) is 2.86. The van der Waals surface area contributed by atoms with Crippen LogP contribution in [0.1, 0.15) is 12.8 Å². The molecule has 148 valence electrons. The number of aromatic nitrogens is 1. The number of amides is 1. The Hall–Kier alpha value is -2.59. The molecule has 1 aromatic heterocycles. The summed E-state index contributed by atoms with van der Waals surface area (Å²) in [4.78, 5) is 16.2. The molecular weight excluding hydrogens is 410 g/mol. The molecule has 0 atom stereocenters. The van der Waals surface area contributed by atoms with Crippen molar-refractivity contribution >= 4 is 42.4 Å². The van der Waals surface area contributed by atoms with Crippen LogP contribution in [0, 0.1) is 11.6 Å². The van der Waals surface area contributed by atoms with E-state index in [-0.39, 0.29) is 34.5 Å². The molecule has 0 saturated heterocycles. The standard InChI is InChI=1S/C18H16F2N2O4S2/c1-28(24,25)12-6-4-11(5-7-12)26-8-2-3-17(23)22-18-21-15-9-13(19)14(20)10-16(15)27-18/h4-7,9-10H,2-3,8H2,1H3,(H,21,22,23). The number of ether oxygens (including phenoxy) is 1. The molecule has 0 aliphatic heterocycles. The highest BCUT2D eigenvalue weighted by Gasteiger charge is 2.11. The molecule has 0 spiro atoms. The van der Waals surface area contributed by atoms with Crippen LogP contribution in [0.5, 0.6) is 5.75 Å². The van der Waals surface area contributed by atoms with Gasteiger partial charge in [-0.2, -0.15) is 0 Å². The molecule has 1 heterocycles. The van der Waals surface area contributed by atoms with Gasteiger partial charge in [-0.15, -0.1) is 0 Å². The number of nitrogens with zero attached hydrogens (tertiary/aromatic N) is 1. The van der Waals surface area contributed by atoms with Gasteiger partial charge in [-0.1, -0.05) is 11.3 Å². The highest BCUT2D eigenvalue weighted by molar-refractivity contribution is 7.90. The van der Waals surface area contributed by atoms with Gasteiger partial charge in [0.15, 0.2) is 26.6 Å². The van der Waals surface area contributed by atoms with Gasteiger partial charge in [0.1, 0.15) is 5.75 Å². The minimum absolute atomic E-state index is 0.167. The third kappa shape index (κ3) is 5.02. The Morgan fingerprint density at radius 3 is 2.54 bits per heavy atom. The van der Waals surface area contributed by atoms with Crippen LogP contribution in [-0.4, -0.2) is 32.2 Å². The number of sulfone groups is 1. The number of halogens is 2. The smallest absolute Gasteiger partial charge is 0.226 e. The highest BCUT2D eigenvalue weighted by Crippen LogP contribution is 2.28. The first-order valence-corrected chi connectivity index (χ1v) is 10.9. The quantitative estimate of drug-likeness (QED) is 0.581. The average molecular weight is 426 g/mol. The maximum atomic E-state index is 13.2. The van der Waals surface area contributed by atoms with Crippen LogP contribution in [0.2, 0.25) is 0 Å². The zero-order valence-electron chi connectivity index (χ0n) is 14.7. The van der Waals surface area contributed by atoms with E-state index in [2.05, 4.69) is 10.3 Å². The van der Waals surface area contributed by atoms with Crippen LogP contribution in [0.25, 0.3) is 10.2 Å². The number of carbonyl (C=O) groups excluding carboxylic acids is 1. The van der Waals surface area contributed by atoms with E-state index in [4.69, 9.17) is 4.74 Å². The fourth-order valence-electron chi connectivity index (χ4n) is 2.36. The van der Waals surface area contributed by atoms with Gasteiger partial charge in [0.2, 0.25) is 5.91 Å². The second-order valence-corrected chi connectivity index (χ2v) is 9.04. The molecule has 3 rings (SSSR count). The molecule has 0 bridgehead atoms. The highest BCUT2D eigenvalue weighted by atomic mass is 32.2. The third-order valence-corrected chi connectivity index (χ3v) is 5.81. The largest absolute Gasteiger partial charge is 0.494 e. The summed E-state index contributed by atoms with van der Waals surface area (Å²) >= 11 is 1.06. The number of hydrogen-bond acceptors (Lipinski definition) is 6. The maximum Gasteiger partial charge on any atom is 0.226 e. The summed E-state index contributed by atoms with van der Waals surface area (Å²) in [5.74, 6) is -1.74. The Kier molecular flexibility index (Phi) is 5.90. The summed E-state index contributed by atoms with van der Waals surface area (Å²) < 4.78 is 55.1. The lowest BCUT2D eigenvalue weighted by atomic mass is 10.3. The van der Waals surface area contributed by atoms with Crippen molar-refractivity contribution in [2.24, 2.45) is 0 Å². The number of nitrogens with one attached hydrogen (secondary N) is 1. The van der Waals surface area contributed by atoms with Gasteiger partial charge in [-0.05, 0) is 36.8 Å². The van der Waals surface area contributed by atoms with Crippen molar-refractivity contribution in [1.29, 1.82) is 0 Å². The van der Waals surface area contributed by atoms with Gasteiger partial charge >= 0.3 is 0 Å². The monoisotopic (exact) mass is 426 g/mol. The lowest BCUT2D eigenvalue weighted by molar-refractivity contribution is -0.116. The predicted molar refractivity (Wildman–Crippen MR) is 102 cm³/mol. The van der Waals surface area contributed by atoms with Crippen molar-refractivity contribution in [3.63, 3.8) is 0 Å². The first-order valence-electron chi connectivity index (χ1n) is 8.21. The van der Waals surface area contributed by atoms with Crippen molar-refractivity contribution in [3.8, 4) is 5.75 Å². The summed E-state index contributed by atoms with van der Waals surface area (Å²) in [6, 6.07) is 8.04. The molecule has 0 aliphatic carbocycles. The van der Waals surface area contributed by atoms with E-state index in [1.807, 2.05) is 0 Å². The normalized spacial score (nSPS) is 11.5. The van der Waals surface area contributed by atoms with Crippen LogP contribution in [0.15, 0.2) is 41.3 Å². The van der Waals surface area contributed by atoms with Crippen molar-refractivity contribution in [2.75, 3.05) is 18.2 Å². The van der Waals surface area contributed by atoms with Gasteiger partial charge in [-0.3, -0.25) is 4.79 Å². The number of hydrogen-bond donors (Lipinski definition) is 1. The predicted octanol–water partition coefficient (Wildman–Crippen LogP) is 3.78. The van der Waals surface area contributed by atoms with Gasteiger partial charge < -0.3 is 10.1 Å².